The lowest BCUT2D eigenvalue weighted by Crippen LogP contribution is -2.63. The number of H-pyrrole nitrogens is 3. The molecule has 0 saturated heterocycles. The Morgan fingerprint density at radius 3 is 1.65 bits per heavy atom. The molecule has 3 rings (SSSR count). The van der Waals surface area contributed by atoms with Gasteiger partial charge in [-0.15, -0.1) is 0 Å². The molecule has 1 aliphatic rings. The van der Waals surface area contributed by atoms with Crippen molar-refractivity contribution in [2.24, 2.45) is 0 Å². The molecular weight excluding hydrogens is 316 g/mol. The lowest BCUT2D eigenvalue weighted by Gasteiger charge is -2.39. The van der Waals surface area contributed by atoms with E-state index in [0.717, 1.165) is 0 Å². The van der Waals surface area contributed by atoms with Crippen LogP contribution in [0.3, 0.4) is 0 Å². The molecule has 9 N–H and O–H groups in total. The van der Waals surface area contributed by atoms with Crippen LogP contribution in [0.15, 0.2) is 15.9 Å². The van der Waals surface area contributed by atoms with E-state index in [-0.39, 0.29) is 11.2 Å². The van der Waals surface area contributed by atoms with Crippen molar-refractivity contribution >= 4 is 11.2 Å². The molecule has 0 aliphatic heterocycles. The van der Waals surface area contributed by atoms with Crippen LogP contribution in [-0.4, -0.2) is 87.2 Å². The number of aliphatic hydroxyl groups is 6. The number of rotatable bonds is 0. The molecule has 1 saturated carbocycles. The number of aliphatic hydroxyl groups excluding tert-OH is 6. The summed E-state index contributed by atoms with van der Waals surface area (Å²) in [6, 6.07) is 0. The maximum absolute atomic E-state index is 10.9. The lowest BCUT2D eigenvalue weighted by atomic mass is 9.85. The van der Waals surface area contributed by atoms with Crippen LogP contribution >= 0.6 is 0 Å². The lowest BCUT2D eigenvalue weighted by molar-refractivity contribution is -0.223. The molecule has 2 aromatic heterocycles. The zero-order valence-corrected chi connectivity index (χ0v) is 11.5. The van der Waals surface area contributed by atoms with E-state index in [2.05, 4.69) is 19.9 Å². The average Bonchev–Trinajstić information content (AvgIpc) is 2.98. The predicted octanol–water partition coefficient (Wildman–Crippen LogP) is -4.90. The summed E-state index contributed by atoms with van der Waals surface area (Å²) in [6.45, 7) is 0. The van der Waals surface area contributed by atoms with Gasteiger partial charge in [-0.25, -0.2) is 9.78 Å². The molecule has 1 fully saturated rings. The summed E-state index contributed by atoms with van der Waals surface area (Å²) in [7, 11) is 0. The van der Waals surface area contributed by atoms with Gasteiger partial charge in [0.15, 0.2) is 5.65 Å². The first kappa shape index (κ1) is 17.3. The van der Waals surface area contributed by atoms with Gasteiger partial charge in [-0.1, -0.05) is 0 Å². The van der Waals surface area contributed by atoms with Gasteiger partial charge in [0, 0.05) is 0 Å². The van der Waals surface area contributed by atoms with E-state index in [1.165, 1.54) is 6.33 Å². The Balaban J connectivity index is 0.000000167. The SMILES string of the molecule is O=c1[nH]c(=O)c2[nH]cnc2[nH]1.OC1C(O)C(O)C(O)C(O)C1O. The molecule has 12 nitrogen and oxygen atoms in total. The molecule has 23 heavy (non-hydrogen) atoms. The normalized spacial score (nSPS) is 34.0. The van der Waals surface area contributed by atoms with Crippen molar-refractivity contribution in [2.45, 2.75) is 36.6 Å². The van der Waals surface area contributed by atoms with Gasteiger partial charge in [-0.05, 0) is 0 Å². The minimum Gasteiger partial charge on any atom is -0.387 e. The van der Waals surface area contributed by atoms with Crippen LogP contribution in [0, 0.1) is 0 Å². The van der Waals surface area contributed by atoms with Crippen molar-refractivity contribution in [1.82, 2.24) is 19.9 Å². The summed E-state index contributed by atoms with van der Waals surface area (Å²) >= 11 is 0. The zero-order valence-electron chi connectivity index (χ0n) is 11.5. The van der Waals surface area contributed by atoms with Gasteiger partial charge < -0.3 is 35.6 Å². The van der Waals surface area contributed by atoms with Gasteiger partial charge in [0.2, 0.25) is 0 Å². The summed E-state index contributed by atoms with van der Waals surface area (Å²) in [5.74, 6) is 0. The van der Waals surface area contributed by atoms with Crippen LogP contribution in [0.4, 0.5) is 0 Å². The number of hydrogen-bond acceptors (Lipinski definition) is 9. The van der Waals surface area contributed by atoms with Gasteiger partial charge in [-0.3, -0.25) is 14.8 Å². The van der Waals surface area contributed by atoms with E-state index in [0.29, 0.717) is 0 Å². The molecule has 2 aromatic rings. The second-order valence-corrected chi connectivity index (χ2v) is 4.98. The molecular formula is C11H16N4O8. The van der Waals surface area contributed by atoms with Gasteiger partial charge in [0.05, 0.1) is 6.33 Å². The Hall–Kier alpha value is -2.09. The second kappa shape index (κ2) is 6.57. The van der Waals surface area contributed by atoms with Crippen LogP contribution in [0.25, 0.3) is 11.2 Å². The molecule has 1 aliphatic carbocycles. The topological polar surface area (TPSA) is 216 Å². The Kier molecular flexibility index (Phi) is 4.93. The first-order chi connectivity index (χ1) is 10.7. The number of nitrogens with one attached hydrogen (secondary N) is 3. The fourth-order valence-electron chi connectivity index (χ4n) is 2.08. The van der Waals surface area contributed by atoms with E-state index in [4.69, 9.17) is 30.6 Å². The van der Waals surface area contributed by atoms with E-state index < -0.39 is 47.9 Å². The second-order valence-electron chi connectivity index (χ2n) is 4.98. The van der Waals surface area contributed by atoms with Crippen LogP contribution in [0.5, 0.6) is 0 Å². The van der Waals surface area contributed by atoms with Gasteiger partial charge >= 0.3 is 5.69 Å². The molecule has 0 bridgehead atoms. The largest absolute Gasteiger partial charge is 0.387 e. The summed E-state index contributed by atoms with van der Waals surface area (Å²) < 4.78 is 0. The van der Waals surface area contributed by atoms with Gasteiger partial charge in [-0.2, -0.15) is 0 Å². The molecule has 128 valence electrons. The Bertz CT molecular complexity index is 710. The number of imidazole rings is 1. The predicted molar refractivity (Wildman–Crippen MR) is 73.4 cm³/mol. The number of fused-ring (bicyclic) bond motifs is 1. The molecule has 0 aromatic carbocycles. The van der Waals surface area contributed by atoms with Gasteiger partial charge in [0.25, 0.3) is 5.56 Å². The summed E-state index contributed by atoms with van der Waals surface area (Å²) in [6.07, 6.45) is -8.50. The molecule has 0 unspecified atom stereocenters. The number of hydrogen-bond donors (Lipinski definition) is 9. The molecule has 12 heteroatoms. The Labute approximate surface area is 126 Å². The highest BCUT2D eigenvalue weighted by Gasteiger charge is 2.47. The minimum absolute atomic E-state index is 0.277. The highest BCUT2D eigenvalue weighted by atomic mass is 16.4. The third-order valence-electron chi connectivity index (χ3n) is 3.42. The number of aromatic nitrogens is 4. The first-order valence-electron chi connectivity index (χ1n) is 6.48. The van der Waals surface area contributed by atoms with Crippen molar-refractivity contribution in [3.8, 4) is 0 Å². The van der Waals surface area contributed by atoms with E-state index >= 15 is 0 Å². The Morgan fingerprint density at radius 2 is 1.22 bits per heavy atom. The monoisotopic (exact) mass is 332 g/mol. The standard InChI is InChI=1S/C6H12O6.C5H4N4O2/c7-1-2(8)4(10)6(12)5(11)3(1)9;10-4-2-3(7-1-6-2)8-5(11)9-4/h1-12H;1H,(H3,6,7,8,9,10,11). The smallest absolute Gasteiger partial charge is 0.327 e. The van der Waals surface area contributed by atoms with Crippen molar-refractivity contribution in [1.29, 1.82) is 0 Å². The molecule has 0 radical (unpaired) electrons. The van der Waals surface area contributed by atoms with E-state index in [1.54, 1.807) is 0 Å². The molecule has 0 amide bonds. The van der Waals surface area contributed by atoms with Crippen LogP contribution in [0.2, 0.25) is 0 Å². The quantitative estimate of drug-likeness (QED) is 0.225. The van der Waals surface area contributed by atoms with Crippen molar-refractivity contribution in [2.75, 3.05) is 0 Å². The maximum Gasteiger partial charge on any atom is 0.327 e. The Morgan fingerprint density at radius 1 is 0.783 bits per heavy atom. The maximum atomic E-state index is 10.9. The van der Waals surface area contributed by atoms with Crippen LogP contribution < -0.4 is 11.2 Å². The number of aromatic amines is 3. The average molecular weight is 332 g/mol. The summed E-state index contributed by atoms with van der Waals surface area (Å²) in [5.41, 5.74) is -0.445. The van der Waals surface area contributed by atoms with Crippen LogP contribution in [-0.2, 0) is 0 Å². The van der Waals surface area contributed by atoms with Crippen molar-refractivity contribution < 1.29 is 30.6 Å². The fourth-order valence-corrected chi connectivity index (χ4v) is 2.08. The highest BCUT2D eigenvalue weighted by Crippen LogP contribution is 2.20. The molecule has 0 spiro atoms. The van der Waals surface area contributed by atoms with E-state index in [1.807, 2.05) is 0 Å². The third kappa shape index (κ3) is 3.31. The summed E-state index contributed by atoms with van der Waals surface area (Å²) in [5, 5.41) is 53.8. The van der Waals surface area contributed by atoms with E-state index in [9.17, 15) is 9.59 Å². The fraction of sp³-hybridized carbons (Fsp3) is 0.545. The molecule has 0 atom stereocenters. The third-order valence-corrected chi connectivity index (χ3v) is 3.42. The van der Waals surface area contributed by atoms with Crippen molar-refractivity contribution in [3.63, 3.8) is 0 Å². The molecule has 2 heterocycles. The highest BCUT2D eigenvalue weighted by molar-refractivity contribution is 5.67. The van der Waals surface area contributed by atoms with Crippen LogP contribution in [0.1, 0.15) is 0 Å². The minimum atomic E-state index is -1.64. The van der Waals surface area contributed by atoms with Crippen molar-refractivity contribution in [3.05, 3.63) is 27.2 Å². The van der Waals surface area contributed by atoms with Gasteiger partial charge in [0.1, 0.15) is 42.1 Å². The zero-order chi connectivity index (χ0) is 17.3. The summed E-state index contributed by atoms with van der Waals surface area (Å²) in [4.78, 5) is 32.3. The number of nitrogens with zero attached hydrogens (tertiary/aromatic N) is 1. The first-order valence-corrected chi connectivity index (χ1v) is 6.48.